The van der Waals surface area contributed by atoms with Gasteiger partial charge in [-0.15, -0.1) is 0 Å². The minimum Gasteiger partial charge on any atom is -0.459 e. The molecule has 3 heterocycles. The van der Waals surface area contributed by atoms with Gasteiger partial charge in [-0.25, -0.2) is 4.98 Å². The number of hydrogen-bond donors (Lipinski definition) is 2. The van der Waals surface area contributed by atoms with E-state index in [4.69, 9.17) is 4.42 Å². The molecule has 0 spiro atoms. The lowest BCUT2D eigenvalue weighted by Crippen LogP contribution is -2.31. The number of nitrogens with zero attached hydrogens (tertiary/aromatic N) is 3. The van der Waals surface area contributed by atoms with Crippen LogP contribution in [-0.4, -0.2) is 42.1 Å². The number of amides is 1. The highest BCUT2D eigenvalue weighted by Crippen LogP contribution is 2.19. The Balaban J connectivity index is 1.51. The molecule has 2 N–H and O–H groups in total. The standard InChI is InChI=1S/C17H23N5O2/c1-13-12-15(22-9-3-2-4-10-22)21-17(20-13)19-8-7-18-16(23)14-6-5-11-24-14/h5-6,11-12H,2-4,7-10H2,1H3,(H,18,23)(H,19,20,21). The van der Waals surface area contributed by atoms with Crippen LogP contribution in [0.5, 0.6) is 0 Å². The smallest absolute Gasteiger partial charge is 0.287 e. The summed E-state index contributed by atoms with van der Waals surface area (Å²) in [5.74, 6) is 1.67. The molecular weight excluding hydrogens is 306 g/mol. The van der Waals surface area contributed by atoms with Crippen molar-refractivity contribution in [3.63, 3.8) is 0 Å². The summed E-state index contributed by atoms with van der Waals surface area (Å²) >= 11 is 0. The van der Waals surface area contributed by atoms with Gasteiger partial charge in [0.15, 0.2) is 5.76 Å². The molecule has 128 valence electrons. The fraction of sp³-hybridized carbons (Fsp3) is 0.471. The van der Waals surface area contributed by atoms with Crippen LogP contribution in [0.4, 0.5) is 11.8 Å². The Morgan fingerprint density at radius 1 is 1.25 bits per heavy atom. The van der Waals surface area contributed by atoms with Crippen LogP contribution in [0.25, 0.3) is 0 Å². The molecule has 0 aromatic carbocycles. The van der Waals surface area contributed by atoms with Crippen molar-refractivity contribution < 1.29 is 9.21 Å². The van der Waals surface area contributed by atoms with E-state index in [0.717, 1.165) is 24.6 Å². The Hall–Kier alpha value is -2.57. The second kappa shape index (κ2) is 7.81. The number of anilines is 2. The van der Waals surface area contributed by atoms with Crippen LogP contribution < -0.4 is 15.5 Å². The molecule has 0 radical (unpaired) electrons. The van der Waals surface area contributed by atoms with Gasteiger partial charge in [0.2, 0.25) is 5.95 Å². The lowest BCUT2D eigenvalue weighted by Gasteiger charge is -2.28. The summed E-state index contributed by atoms with van der Waals surface area (Å²) in [5, 5.41) is 5.96. The van der Waals surface area contributed by atoms with Gasteiger partial charge in [0, 0.05) is 37.9 Å². The van der Waals surface area contributed by atoms with E-state index in [1.807, 2.05) is 13.0 Å². The van der Waals surface area contributed by atoms with Gasteiger partial charge in [0.05, 0.1) is 6.26 Å². The zero-order valence-electron chi connectivity index (χ0n) is 13.9. The van der Waals surface area contributed by atoms with Crippen molar-refractivity contribution in [1.29, 1.82) is 0 Å². The molecule has 1 aliphatic rings. The Kier molecular flexibility index (Phi) is 5.30. The van der Waals surface area contributed by atoms with Gasteiger partial charge in [0.25, 0.3) is 5.91 Å². The number of carbonyl (C=O) groups is 1. The lowest BCUT2D eigenvalue weighted by molar-refractivity contribution is 0.0927. The van der Waals surface area contributed by atoms with Crippen molar-refractivity contribution in [2.75, 3.05) is 36.4 Å². The van der Waals surface area contributed by atoms with Crippen molar-refractivity contribution in [3.8, 4) is 0 Å². The van der Waals surface area contributed by atoms with Crippen LogP contribution in [0.3, 0.4) is 0 Å². The molecular formula is C17H23N5O2. The molecule has 0 unspecified atom stereocenters. The molecule has 0 atom stereocenters. The van der Waals surface area contributed by atoms with Crippen LogP contribution in [0.15, 0.2) is 28.9 Å². The monoisotopic (exact) mass is 329 g/mol. The first kappa shape index (κ1) is 16.3. The molecule has 1 saturated heterocycles. The van der Waals surface area contributed by atoms with E-state index in [0.29, 0.717) is 24.8 Å². The number of nitrogens with one attached hydrogen (secondary N) is 2. The zero-order valence-corrected chi connectivity index (χ0v) is 13.9. The molecule has 0 aliphatic carbocycles. The number of rotatable bonds is 6. The van der Waals surface area contributed by atoms with E-state index >= 15 is 0 Å². The van der Waals surface area contributed by atoms with E-state index in [-0.39, 0.29) is 5.91 Å². The molecule has 2 aromatic rings. The fourth-order valence-electron chi connectivity index (χ4n) is 2.76. The van der Waals surface area contributed by atoms with Crippen LogP contribution in [0.2, 0.25) is 0 Å². The van der Waals surface area contributed by atoms with E-state index in [1.54, 1.807) is 12.1 Å². The van der Waals surface area contributed by atoms with Gasteiger partial charge in [-0.2, -0.15) is 4.98 Å². The van der Waals surface area contributed by atoms with Crippen molar-refractivity contribution in [2.24, 2.45) is 0 Å². The maximum atomic E-state index is 11.8. The minimum atomic E-state index is -0.221. The molecule has 7 nitrogen and oxygen atoms in total. The van der Waals surface area contributed by atoms with E-state index in [1.165, 1.54) is 25.5 Å². The van der Waals surface area contributed by atoms with Crippen molar-refractivity contribution in [1.82, 2.24) is 15.3 Å². The Morgan fingerprint density at radius 2 is 2.08 bits per heavy atom. The normalized spacial score (nSPS) is 14.5. The first-order chi connectivity index (χ1) is 11.7. The quantitative estimate of drug-likeness (QED) is 0.791. The van der Waals surface area contributed by atoms with Crippen LogP contribution >= 0.6 is 0 Å². The second-order valence-electron chi connectivity index (χ2n) is 5.90. The first-order valence-electron chi connectivity index (χ1n) is 8.38. The maximum absolute atomic E-state index is 11.8. The van der Waals surface area contributed by atoms with E-state index in [2.05, 4.69) is 25.5 Å². The highest BCUT2D eigenvalue weighted by Gasteiger charge is 2.14. The third-order valence-electron chi connectivity index (χ3n) is 3.96. The topological polar surface area (TPSA) is 83.3 Å². The Bertz CT molecular complexity index is 666. The fourth-order valence-corrected chi connectivity index (χ4v) is 2.76. The molecule has 1 fully saturated rings. The molecule has 7 heteroatoms. The van der Waals surface area contributed by atoms with Gasteiger partial charge < -0.3 is 20.0 Å². The van der Waals surface area contributed by atoms with Gasteiger partial charge in [-0.1, -0.05) is 0 Å². The van der Waals surface area contributed by atoms with E-state index in [9.17, 15) is 4.79 Å². The van der Waals surface area contributed by atoms with Crippen LogP contribution in [0.1, 0.15) is 35.5 Å². The van der Waals surface area contributed by atoms with Gasteiger partial charge >= 0.3 is 0 Å². The SMILES string of the molecule is Cc1cc(N2CCCCC2)nc(NCCNC(=O)c2ccco2)n1. The number of piperidine rings is 1. The molecule has 3 rings (SSSR count). The summed E-state index contributed by atoms with van der Waals surface area (Å²) in [7, 11) is 0. The first-order valence-corrected chi connectivity index (χ1v) is 8.38. The van der Waals surface area contributed by atoms with Gasteiger partial charge in [-0.3, -0.25) is 4.79 Å². The number of furan rings is 1. The summed E-state index contributed by atoms with van der Waals surface area (Å²) in [6, 6.07) is 5.35. The zero-order chi connectivity index (χ0) is 16.8. The van der Waals surface area contributed by atoms with Crippen molar-refractivity contribution >= 4 is 17.7 Å². The highest BCUT2D eigenvalue weighted by atomic mass is 16.3. The lowest BCUT2D eigenvalue weighted by atomic mass is 10.1. The maximum Gasteiger partial charge on any atom is 0.287 e. The minimum absolute atomic E-state index is 0.221. The highest BCUT2D eigenvalue weighted by molar-refractivity contribution is 5.91. The van der Waals surface area contributed by atoms with Gasteiger partial charge in [0.1, 0.15) is 5.82 Å². The summed E-state index contributed by atoms with van der Waals surface area (Å²) in [6.45, 7) is 5.09. The van der Waals surface area contributed by atoms with Gasteiger partial charge in [-0.05, 0) is 38.3 Å². The molecule has 0 saturated carbocycles. The Morgan fingerprint density at radius 3 is 2.83 bits per heavy atom. The molecule has 24 heavy (non-hydrogen) atoms. The summed E-state index contributed by atoms with van der Waals surface area (Å²) in [5.41, 5.74) is 0.938. The number of carbonyl (C=O) groups excluding carboxylic acids is 1. The molecule has 2 aromatic heterocycles. The molecule has 1 amide bonds. The summed E-state index contributed by atoms with van der Waals surface area (Å²) < 4.78 is 5.05. The van der Waals surface area contributed by atoms with Crippen molar-refractivity contribution in [2.45, 2.75) is 26.2 Å². The average molecular weight is 329 g/mol. The number of aryl methyl sites for hydroxylation is 1. The Labute approximate surface area is 141 Å². The number of aromatic nitrogens is 2. The van der Waals surface area contributed by atoms with Crippen LogP contribution in [0, 0.1) is 6.92 Å². The molecule has 0 bridgehead atoms. The second-order valence-corrected chi connectivity index (χ2v) is 5.90. The predicted octanol–water partition coefficient (Wildman–Crippen LogP) is 2.21. The van der Waals surface area contributed by atoms with Crippen molar-refractivity contribution in [3.05, 3.63) is 35.9 Å². The predicted molar refractivity (Wildman–Crippen MR) is 92.4 cm³/mol. The third kappa shape index (κ3) is 4.24. The summed E-state index contributed by atoms with van der Waals surface area (Å²) in [6.07, 6.45) is 5.20. The van der Waals surface area contributed by atoms with E-state index < -0.39 is 0 Å². The third-order valence-corrected chi connectivity index (χ3v) is 3.96. The number of hydrogen-bond acceptors (Lipinski definition) is 6. The summed E-state index contributed by atoms with van der Waals surface area (Å²) in [4.78, 5) is 23.1. The largest absolute Gasteiger partial charge is 0.459 e. The molecule has 1 aliphatic heterocycles. The average Bonchev–Trinajstić information content (AvgIpc) is 3.14. The van der Waals surface area contributed by atoms with Crippen LogP contribution in [-0.2, 0) is 0 Å².